The van der Waals surface area contributed by atoms with Crippen molar-refractivity contribution >= 4 is 17.4 Å². The maximum atomic E-state index is 13.4. The monoisotopic (exact) mass is 466 g/mol. The van der Waals surface area contributed by atoms with Crippen molar-refractivity contribution in [2.24, 2.45) is 17.8 Å². The third-order valence-electron chi connectivity index (χ3n) is 8.92. The van der Waals surface area contributed by atoms with Gasteiger partial charge in [0.25, 0.3) is 0 Å². The number of fused-ring (bicyclic) bond motifs is 1. The van der Waals surface area contributed by atoms with Crippen LogP contribution < -0.4 is 10.6 Å². The number of urea groups is 1. The molecule has 4 bridgehead atoms. The van der Waals surface area contributed by atoms with Crippen LogP contribution in [-0.2, 0) is 13.0 Å². The summed E-state index contributed by atoms with van der Waals surface area (Å²) in [5, 5.41) is 8.27. The predicted molar refractivity (Wildman–Crippen MR) is 134 cm³/mol. The zero-order valence-corrected chi connectivity index (χ0v) is 20.9. The first-order chi connectivity index (χ1) is 16.1. The summed E-state index contributed by atoms with van der Waals surface area (Å²) in [5.41, 5.74) is 2.89. The molecule has 2 N–H and O–H groups in total. The molecule has 178 valence electrons. The van der Waals surface area contributed by atoms with Crippen LogP contribution in [0.25, 0.3) is 5.00 Å². The van der Waals surface area contributed by atoms with Gasteiger partial charge in [0.05, 0.1) is 6.04 Å². The zero-order chi connectivity index (χ0) is 22.6. The first-order valence-corrected chi connectivity index (χ1v) is 14.0. The average molecular weight is 467 g/mol. The van der Waals surface area contributed by atoms with E-state index in [0.717, 1.165) is 50.2 Å². The number of aromatic nitrogens is 1. The summed E-state index contributed by atoms with van der Waals surface area (Å²) < 4.78 is 2.25. The highest BCUT2D eigenvalue weighted by Gasteiger charge is 2.51. The summed E-state index contributed by atoms with van der Waals surface area (Å²) in [6.07, 6.45) is 14.0. The Morgan fingerprint density at radius 3 is 2.39 bits per heavy atom. The lowest BCUT2D eigenvalue weighted by atomic mass is 9.53. The van der Waals surface area contributed by atoms with E-state index in [4.69, 9.17) is 0 Å². The van der Waals surface area contributed by atoms with E-state index in [1.165, 1.54) is 59.5 Å². The van der Waals surface area contributed by atoms with Crippen molar-refractivity contribution in [1.29, 1.82) is 0 Å². The molecule has 7 rings (SSSR count). The second-order valence-electron chi connectivity index (χ2n) is 11.2. The van der Waals surface area contributed by atoms with Gasteiger partial charge in [0.15, 0.2) is 0 Å². The van der Waals surface area contributed by atoms with E-state index in [2.05, 4.69) is 58.5 Å². The number of thiophene rings is 1. The molecule has 2 aromatic rings. The van der Waals surface area contributed by atoms with Gasteiger partial charge in [-0.3, -0.25) is 4.90 Å². The Kier molecular flexibility index (Phi) is 5.57. The van der Waals surface area contributed by atoms with Gasteiger partial charge in [-0.05, 0) is 93.4 Å². The van der Waals surface area contributed by atoms with Crippen molar-refractivity contribution < 1.29 is 4.79 Å². The lowest BCUT2D eigenvalue weighted by Crippen LogP contribution is -2.61. The molecule has 1 unspecified atom stereocenters. The molecular formula is C27H38N4OS. The quantitative estimate of drug-likeness (QED) is 0.579. The van der Waals surface area contributed by atoms with E-state index < -0.39 is 0 Å². The van der Waals surface area contributed by atoms with Crippen LogP contribution in [0.4, 0.5) is 4.79 Å². The molecule has 3 heterocycles. The van der Waals surface area contributed by atoms with E-state index in [1.807, 2.05) is 11.3 Å². The number of hydrogen-bond donors (Lipinski definition) is 2. The van der Waals surface area contributed by atoms with E-state index in [-0.39, 0.29) is 17.6 Å². The fraction of sp³-hybridized carbons (Fsp3) is 0.667. The van der Waals surface area contributed by atoms with Gasteiger partial charge in [0.2, 0.25) is 0 Å². The molecule has 5 aliphatic rings. The highest BCUT2D eigenvalue weighted by Crippen LogP contribution is 2.55. The summed E-state index contributed by atoms with van der Waals surface area (Å²) in [7, 11) is 0. The number of carbonyl (C=O) groups is 1. The Morgan fingerprint density at radius 2 is 1.79 bits per heavy atom. The molecular weight excluding hydrogens is 428 g/mol. The lowest BCUT2D eigenvalue weighted by molar-refractivity contribution is -0.0136. The molecule has 1 aliphatic heterocycles. The SMILES string of the molecule is CCC(NC(=O)NC12CC3CC(CC(C3)C1)C2)c1c(-n2cccc2)sc2c1CCN(CC)C2. The van der Waals surface area contributed by atoms with Gasteiger partial charge in [-0.2, -0.15) is 0 Å². The smallest absolute Gasteiger partial charge is 0.315 e. The van der Waals surface area contributed by atoms with Crippen LogP contribution in [0.2, 0.25) is 0 Å². The molecule has 0 saturated heterocycles. The largest absolute Gasteiger partial charge is 0.333 e. The fourth-order valence-electron chi connectivity index (χ4n) is 7.83. The maximum absolute atomic E-state index is 13.4. The van der Waals surface area contributed by atoms with Crippen molar-refractivity contribution in [3.05, 3.63) is 40.5 Å². The fourth-order valence-corrected chi connectivity index (χ4v) is 9.25. The van der Waals surface area contributed by atoms with Gasteiger partial charge < -0.3 is 15.2 Å². The van der Waals surface area contributed by atoms with Gasteiger partial charge >= 0.3 is 6.03 Å². The van der Waals surface area contributed by atoms with Crippen molar-refractivity contribution in [2.45, 2.75) is 83.3 Å². The number of amides is 2. The number of likely N-dealkylation sites (N-methyl/N-ethyl adjacent to an activating group) is 1. The molecule has 1 atom stereocenters. The summed E-state index contributed by atoms with van der Waals surface area (Å²) in [6.45, 7) is 7.68. The highest BCUT2D eigenvalue weighted by molar-refractivity contribution is 7.15. The third kappa shape index (κ3) is 3.93. The molecule has 0 aromatic carbocycles. The average Bonchev–Trinajstić information content (AvgIpc) is 3.43. The Morgan fingerprint density at radius 1 is 1.12 bits per heavy atom. The molecule has 2 amide bonds. The van der Waals surface area contributed by atoms with E-state index >= 15 is 0 Å². The van der Waals surface area contributed by atoms with Gasteiger partial charge in [-0.1, -0.05) is 13.8 Å². The lowest BCUT2D eigenvalue weighted by Gasteiger charge is -2.56. The number of nitrogens with zero attached hydrogens (tertiary/aromatic N) is 2. The van der Waals surface area contributed by atoms with E-state index in [1.54, 1.807) is 0 Å². The number of rotatable bonds is 6. The van der Waals surface area contributed by atoms with Crippen molar-refractivity contribution in [1.82, 2.24) is 20.1 Å². The van der Waals surface area contributed by atoms with Crippen LogP contribution in [-0.4, -0.2) is 34.1 Å². The second-order valence-corrected chi connectivity index (χ2v) is 12.3. The summed E-state index contributed by atoms with van der Waals surface area (Å²) in [6, 6.07) is 4.28. The van der Waals surface area contributed by atoms with Gasteiger partial charge in [0, 0.05) is 41.5 Å². The van der Waals surface area contributed by atoms with Crippen molar-refractivity contribution in [3.8, 4) is 5.00 Å². The summed E-state index contributed by atoms with van der Waals surface area (Å²) in [5.74, 6) is 2.51. The minimum absolute atomic E-state index is 0.0458. The van der Waals surface area contributed by atoms with Crippen LogP contribution in [0.1, 0.15) is 80.8 Å². The Hall–Kier alpha value is -1.79. The van der Waals surface area contributed by atoms with Crippen LogP contribution in [0, 0.1) is 17.8 Å². The van der Waals surface area contributed by atoms with Crippen molar-refractivity contribution in [3.63, 3.8) is 0 Å². The van der Waals surface area contributed by atoms with Gasteiger partial charge in [0.1, 0.15) is 5.00 Å². The van der Waals surface area contributed by atoms with Gasteiger partial charge in [-0.25, -0.2) is 4.79 Å². The Balaban J connectivity index is 1.26. The second kappa shape index (κ2) is 8.46. The van der Waals surface area contributed by atoms with E-state index in [9.17, 15) is 4.79 Å². The molecule has 4 saturated carbocycles. The maximum Gasteiger partial charge on any atom is 0.315 e. The highest BCUT2D eigenvalue weighted by atomic mass is 32.1. The van der Waals surface area contributed by atoms with Crippen molar-refractivity contribution in [2.75, 3.05) is 13.1 Å². The molecule has 5 nitrogen and oxygen atoms in total. The Labute approximate surface area is 201 Å². The topological polar surface area (TPSA) is 49.3 Å². The third-order valence-corrected chi connectivity index (χ3v) is 10.2. The predicted octanol–water partition coefficient (Wildman–Crippen LogP) is 5.64. The standard InChI is InChI=1S/C27H38N4OS/c1-3-22(28-26(32)29-27-14-18-11-19(15-27)13-20(12-18)16-27)24-21-7-10-30(4-2)17-23(21)33-25(24)31-8-5-6-9-31/h5-6,8-9,18-20,22H,3-4,7,10-17H2,1-2H3,(H2,28,29,32). The molecule has 6 heteroatoms. The first-order valence-electron chi connectivity index (χ1n) is 13.1. The number of hydrogen-bond acceptors (Lipinski definition) is 3. The minimum atomic E-state index is 0.0458. The van der Waals surface area contributed by atoms with Gasteiger partial charge in [-0.15, -0.1) is 11.3 Å². The molecule has 4 aliphatic carbocycles. The van der Waals surface area contributed by atoms with Crippen LogP contribution in [0.5, 0.6) is 0 Å². The van der Waals surface area contributed by atoms with Crippen LogP contribution in [0.15, 0.2) is 24.5 Å². The molecule has 0 spiro atoms. The zero-order valence-electron chi connectivity index (χ0n) is 20.1. The summed E-state index contributed by atoms with van der Waals surface area (Å²) >= 11 is 1.91. The Bertz CT molecular complexity index is 974. The first kappa shape index (κ1) is 21.7. The minimum Gasteiger partial charge on any atom is -0.333 e. The van der Waals surface area contributed by atoms with Crippen LogP contribution in [0.3, 0.4) is 0 Å². The molecule has 33 heavy (non-hydrogen) atoms. The van der Waals surface area contributed by atoms with E-state index in [0.29, 0.717) is 0 Å². The molecule has 0 radical (unpaired) electrons. The molecule has 2 aromatic heterocycles. The summed E-state index contributed by atoms with van der Waals surface area (Å²) in [4.78, 5) is 17.4. The van der Waals surface area contributed by atoms with Crippen LogP contribution >= 0.6 is 11.3 Å². The molecule has 4 fully saturated rings. The number of nitrogens with one attached hydrogen (secondary N) is 2. The number of carbonyl (C=O) groups excluding carboxylic acids is 1. The normalized spacial score (nSPS) is 31.4.